The van der Waals surface area contributed by atoms with E-state index in [0.29, 0.717) is 40.0 Å². The van der Waals surface area contributed by atoms with E-state index in [1.54, 1.807) is 24.3 Å². The number of hydrogen-bond donors (Lipinski definition) is 0. The fourth-order valence-corrected chi connectivity index (χ4v) is 2.82. The maximum atomic E-state index is 12.9. The number of hydrogen-bond acceptors (Lipinski definition) is 5. The van der Waals surface area contributed by atoms with Gasteiger partial charge in [-0.1, -0.05) is 13.3 Å². The molecule has 0 fully saturated rings. The van der Waals surface area contributed by atoms with Gasteiger partial charge in [0.05, 0.1) is 18.1 Å². The molecule has 2 aromatic heterocycles. The third-order valence-electron chi connectivity index (χ3n) is 4.10. The molecule has 0 N–H and O–H groups in total. The number of rotatable bonds is 5. The highest BCUT2D eigenvalue weighted by atomic mass is 16.5. The van der Waals surface area contributed by atoms with Crippen molar-refractivity contribution in [3.05, 3.63) is 69.0 Å². The molecule has 0 aliphatic carbocycles. The van der Waals surface area contributed by atoms with Crippen LogP contribution < -0.4 is 5.43 Å². The van der Waals surface area contributed by atoms with Gasteiger partial charge in [-0.3, -0.25) is 4.79 Å². The van der Waals surface area contributed by atoms with Crippen LogP contribution in [0, 0.1) is 6.92 Å². The topological polar surface area (TPSA) is 69.7 Å². The molecule has 5 heteroatoms. The van der Waals surface area contributed by atoms with Crippen LogP contribution in [-0.4, -0.2) is 13.1 Å². The Balaban J connectivity index is 2.13. The zero-order valence-corrected chi connectivity index (χ0v) is 15.0. The maximum Gasteiger partial charge on any atom is 0.337 e. The average molecular weight is 352 g/mol. The Labute approximate surface area is 150 Å². The van der Waals surface area contributed by atoms with Gasteiger partial charge in [-0.25, -0.2) is 4.79 Å². The van der Waals surface area contributed by atoms with Gasteiger partial charge in [-0.05, 0) is 55.8 Å². The summed E-state index contributed by atoms with van der Waals surface area (Å²) in [6.45, 7) is 3.87. The first-order chi connectivity index (χ1) is 12.5. The molecule has 0 amide bonds. The number of aryl methyl sites for hydroxylation is 1. The van der Waals surface area contributed by atoms with E-state index in [0.717, 1.165) is 12.2 Å². The largest absolute Gasteiger partial charge is 0.465 e. The summed E-state index contributed by atoms with van der Waals surface area (Å²) in [5.41, 5.74) is 1.21. The van der Waals surface area contributed by atoms with Crippen LogP contribution in [0.25, 0.3) is 23.1 Å². The van der Waals surface area contributed by atoms with Gasteiger partial charge < -0.3 is 13.6 Å². The zero-order chi connectivity index (χ0) is 18.7. The highest BCUT2D eigenvalue weighted by Gasteiger charge is 2.15. The second kappa shape index (κ2) is 7.44. The van der Waals surface area contributed by atoms with E-state index in [4.69, 9.17) is 13.6 Å². The van der Waals surface area contributed by atoms with E-state index in [1.165, 1.54) is 13.2 Å². The quantitative estimate of drug-likeness (QED) is 0.628. The normalized spacial score (nSPS) is 11.3. The Hall–Kier alpha value is -3.08. The summed E-state index contributed by atoms with van der Waals surface area (Å²) in [4.78, 5) is 24.7. The van der Waals surface area contributed by atoms with Gasteiger partial charge in [0.25, 0.3) is 0 Å². The summed E-state index contributed by atoms with van der Waals surface area (Å²) < 4.78 is 16.2. The average Bonchev–Trinajstić information content (AvgIpc) is 3.07. The Morgan fingerprint density at radius 1 is 1.15 bits per heavy atom. The molecule has 0 spiro atoms. The smallest absolute Gasteiger partial charge is 0.337 e. The predicted molar refractivity (Wildman–Crippen MR) is 100 cm³/mol. The van der Waals surface area contributed by atoms with E-state index in [1.807, 2.05) is 26.0 Å². The van der Waals surface area contributed by atoms with Gasteiger partial charge in [0.15, 0.2) is 5.43 Å². The minimum Gasteiger partial charge on any atom is -0.465 e. The molecular formula is C21H20O5. The lowest BCUT2D eigenvalue weighted by Crippen LogP contribution is -2.12. The van der Waals surface area contributed by atoms with Gasteiger partial charge in [-0.15, -0.1) is 0 Å². The van der Waals surface area contributed by atoms with Crippen LogP contribution in [-0.2, 0) is 11.2 Å². The van der Waals surface area contributed by atoms with Crippen LogP contribution >= 0.6 is 0 Å². The molecule has 0 radical (unpaired) electrons. The van der Waals surface area contributed by atoms with E-state index in [9.17, 15) is 9.59 Å². The molecule has 0 bridgehead atoms. The molecule has 0 saturated heterocycles. The number of carbonyl (C=O) groups is 1. The second-order valence-electron chi connectivity index (χ2n) is 6.01. The molecule has 1 aromatic carbocycles. The Morgan fingerprint density at radius 2 is 1.96 bits per heavy atom. The lowest BCUT2D eigenvalue weighted by atomic mass is 10.0. The molecule has 2 heterocycles. The first-order valence-electron chi connectivity index (χ1n) is 8.46. The number of carbonyl (C=O) groups excluding carboxylic acids is 1. The summed E-state index contributed by atoms with van der Waals surface area (Å²) in [7, 11) is 1.31. The fraction of sp³-hybridized carbons (Fsp3) is 0.238. The van der Waals surface area contributed by atoms with Gasteiger partial charge in [0, 0.05) is 5.56 Å². The highest BCUT2D eigenvalue weighted by Crippen LogP contribution is 2.21. The van der Waals surface area contributed by atoms with Crippen LogP contribution in [0.4, 0.5) is 0 Å². The van der Waals surface area contributed by atoms with Crippen molar-refractivity contribution >= 4 is 29.1 Å². The van der Waals surface area contributed by atoms with Gasteiger partial charge in [0.1, 0.15) is 22.9 Å². The monoisotopic (exact) mass is 352 g/mol. The third-order valence-corrected chi connectivity index (χ3v) is 4.10. The van der Waals surface area contributed by atoms with E-state index in [-0.39, 0.29) is 5.43 Å². The van der Waals surface area contributed by atoms with Gasteiger partial charge in [0.2, 0.25) is 0 Å². The van der Waals surface area contributed by atoms with Crippen LogP contribution in [0.3, 0.4) is 0 Å². The molecule has 26 heavy (non-hydrogen) atoms. The van der Waals surface area contributed by atoms with Crippen molar-refractivity contribution in [2.75, 3.05) is 7.11 Å². The standard InChI is InChI=1S/C21H20O5/c1-4-5-16-18(11-9-15-8-6-13(2)25-15)26-19-10-7-14(21(23)24-3)12-17(19)20(16)22/h6-12H,4-5H2,1-3H3. The number of ether oxygens (including phenoxy) is 1. The molecule has 134 valence electrons. The number of fused-ring (bicyclic) bond motifs is 1. The molecular weight excluding hydrogens is 332 g/mol. The molecule has 0 unspecified atom stereocenters. The van der Waals surface area contributed by atoms with E-state index in [2.05, 4.69) is 0 Å². The van der Waals surface area contributed by atoms with Gasteiger partial charge >= 0.3 is 5.97 Å². The molecule has 3 aromatic rings. The lowest BCUT2D eigenvalue weighted by Gasteiger charge is -2.07. The van der Waals surface area contributed by atoms with Crippen molar-refractivity contribution < 1.29 is 18.4 Å². The number of furan rings is 1. The van der Waals surface area contributed by atoms with Gasteiger partial charge in [-0.2, -0.15) is 0 Å². The summed E-state index contributed by atoms with van der Waals surface area (Å²) >= 11 is 0. The molecule has 0 saturated carbocycles. The molecule has 3 rings (SSSR count). The number of benzene rings is 1. The molecule has 0 atom stereocenters. The number of methoxy groups -OCH3 is 1. The van der Waals surface area contributed by atoms with Crippen LogP contribution in [0.5, 0.6) is 0 Å². The minimum atomic E-state index is -0.486. The van der Waals surface area contributed by atoms with Crippen molar-refractivity contribution in [3.63, 3.8) is 0 Å². The lowest BCUT2D eigenvalue weighted by molar-refractivity contribution is 0.0601. The van der Waals surface area contributed by atoms with E-state index >= 15 is 0 Å². The minimum absolute atomic E-state index is 0.130. The fourth-order valence-electron chi connectivity index (χ4n) is 2.82. The highest BCUT2D eigenvalue weighted by molar-refractivity contribution is 5.94. The van der Waals surface area contributed by atoms with Crippen molar-refractivity contribution in [3.8, 4) is 0 Å². The number of esters is 1. The first kappa shape index (κ1) is 17.7. The summed E-state index contributed by atoms with van der Waals surface area (Å²) in [5.74, 6) is 1.52. The SMILES string of the molecule is CCCc1c(C=Cc2ccc(C)o2)oc2ccc(C(=O)OC)cc2c1=O. The summed E-state index contributed by atoms with van der Waals surface area (Å²) in [5, 5.41) is 0.377. The predicted octanol–water partition coefficient (Wildman–Crippen LogP) is 4.60. The molecule has 0 aliphatic rings. The Morgan fingerprint density at radius 3 is 2.62 bits per heavy atom. The van der Waals surface area contributed by atoms with Crippen LogP contribution in [0.15, 0.2) is 44.0 Å². The van der Waals surface area contributed by atoms with E-state index < -0.39 is 5.97 Å². The van der Waals surface area contributed by atoms with Crippen molar-refractivity contribution in [2.24, 2.45) is 0 Å². The van der Waals surface area contributed by atoms with Crippen LogP contribution in [0.2, 0.25) is 0 Å². The molecule has 0 aliphatic heterocycles. The second-order valence-corrected chi connectivity index (χ2v) is 6.01. The summed E-state index contributed by atoms with van der Waals surface area (Å²) in [6, 6.07) is 8.45. The molecule has 5 nitrogen and oxygen atoms in total. The third kappa shape index (κ3) is 3.47. The van der Waals surface area contributed by atoms with Crippen molar-refractivity contribution in [1.29, 1.82) is 0 Å². The zero-order valence-electron chi connectivity index (χ0n) is 15.0. The van der Waals surface area contributed by atoms with Crippen molar-refractivity contribution in [2.45, 2.75) is 26.7 Å². The van der Waals surface area contributed by atoms with Crippen LogP contribution in [0.1, 0.15) is 46.5 Å². The maximum absolute atomic E-state index is 12.9. The Bertz CT molecular complexity index is 1040. The summed E-state index contributed by atoms with van der Waals surface area (Å²) in [6.07, 6.45) is 4.91. The Kier molecular flexibility index (Phi) is 5.07. The first-order valence-corrected chi connectivity index (χ1v) is 8.46. The van der Waals surface area contributed by atoms with Crippen molar-refractivity contribution in [1.82, 2.24) is 0 Å².